The fourth-order valence-corrected chi connectivity index (χ4v) is 4.42. The van der Waals surface area contributed by atoms with Crippen molar-refractivity contribution in [3.63, 3.8) is 0 Å². The molecule has 3 rings (SSSR count). The number of benzene rings is 3. The van der Waals surface area contributed by atoms with E-state index in [1.54, 1.807) is 12.1 Å². The molecule has 0 saturated heterocycles. The van der Waals surface area contributed by atoms with Crippen molar-refractivity contribution in [2.75, 3.05) is 13.2 Å². The molecule has 0 aromatic heterocycles. The molecule has 0 aliphatic rings. The lowest BCUT2D eigenvalue weighted by atomic mass is 9.90. The molecule has 0 amide bonds. The summed E-state index contributed by atoms with van der Waals surface area (Å²) >= 11 is 0. The Hall–Kier alpha value is -2.98. The molecule has 3 aromatic carbocycles. The Morgan fingerprint density at radius 2 is 1.10 bits per heavy atom. The number of phenolic OH excluding ortho intramolecular Hbond substituents is 1. The molecule has 3 unspecified atom stereocenters. The van der Waals surface area contributed by atoms with Crippen molar-refractivity contribution in [2.24, 2.45) is 0 Å². The van der Waals surface area contributed by atoms with Gasteiger partial charge in [0, 0.05) is 0 Å². The summed E-state index contributed by atoms with van der Waals surface area (Å²) in [7, 11) is 0. The van der Waals surface area contributed by atoms with Gasteiger partial charge in [-0.1, -0.05) is 85.7 Å². The third-order valence-corrected chi connectivity index (χ3v) is 7.44. The molecule has 0 fully saturated rings. The van der Waals surface area contributed by atoms with Crippen LogP contribution in [0.15, 0.2) is 66.7 Å². The molecule has 0 aliphatic carbocycles. The van der Waals surface area contributed by atoms with Crippen LogP contribution in [0, 0.1) is 0 Å². The van der Waals surface area contributed by atoms with Gasteiger partial charge in [0.1, 0.15) is 23.9 Å². The number of aromatic hydroxyl groups is 1. The summed E-state index contributed by atoms with van der Waals surface area (Å²) in [6.45, 7) is 20.6. The largest absolute Gasteiger partial charge is 0.508 e. The Morgan fingerprint density at radius 3 is 1.60 bits per heavy atom. The van der Waals surface area contributed by atoms with Crippen LogP contribution in [0.25, 0.3) is 0 Å². The zero-order valence-corrected chi connectivity index (χ0v) is 26.2. The monoisotopic (exact) mass is 548 g/mol. The molecule has 0 spiro atoms. The molecular weight excluding hydrogens is 496 g/mol. The first-order valence-corrected chi connectivity index (χ1v) is 15.0. The third kappa shape index (κ3) is 10.9. The second kappa shape index (κ2) is 17.0. The van der Waals surface area contributed by atoms with Crippen molar-refractivity contribution < 1.29 is 19.3 Å². The second-order valence-corrected chi connectivity index (χ2v) is 11.3. The minimum Gasteiger partial charge on any atom is -0.508 e. The molecule has 0 bridgehead atoms. The highest BCUT2D eigenvalue weighted by Gasteiger charge is 2.12. The van der Waals surface area contributed by atoms with E-state index < -0.39 is 0 Å². The molecule has 1 N–H and O–H groups in total. The van der Waals surface area contributed by atoms with Crippen molar-refractivity contribution in [3.8, 4) is 17.2 Å². The molecule has 0 heterocycles. The zero-order chi connectivity index (χ0) is 29.7. The minimum atomic E-state index is -0.317. The predicted molar refractivity (Wildman–Crippen MR) is 168 cm³/mol. The first-order chi connectivity index (χ1) is 19.0. The number of hydrogen-bond donors (Lipinski definition) is 1. The van der Waals surface area contributed by atoms with Gasteiger partial charge in [-0.25, -0.2) is 0 Å². The number of hydrogen-bond acceptors (Lipinski definition) is 4. The molecule has 3 atom stereocenters. The van der Waals surface area contributed by atoms with Crippen molar-refractivity contribution in [1.29, 1.82) is 0 Å². The molecule has 0 aliphatic heterocycles. The quantitative estimate of drug-likeness (QED) is 0.170. The van der Waals surface area contributed by atoms with E-state index in [9.17, 15) is 0 Å². The zero-order valence-electron chi connectivity index (χ0n) is 26.2. The van der Waals surface area contributed by atoms with Crippen LogP contribution in [0.4, 0.5) is 0 Å². The van der Waals surface area contributed by atoms with E-state index in [0.29, 0.717) is 42.6 Å². The molecule has 3 aromatic rings. The van der Waals surface area contributed by atoms with E-state index in [1.165, 1.54) is 22.3 Å². The van der Waals surface area contributed by atoms with Crippen molar-refractivity contribution >= 4 is 0 Å². The van der Waals surface area contributed by atoms with Crippen molar-refractivity contribution in [1.82, 2.24) is 0 Å². The van der Waals surface area contributed by atoms with Gasteiger partial charge in [0.05, 0.1) is 6.61 Å². The van der Waals surface area contributed by atoms with Gasteiger partial charge in [-0.15, -0.1) is 0 Å². The Bertz CT molecular complexity index is 1100. The van der Waals surface area contributed by atoms with Gasteiger partial charge in [-0.3, -0.25) is 0 Å². The molecule has 0 saturated carbocycles. The van der Waals surface area contributed by atoms with Gasteiger partial charge in [-0.05, 0) is 102 Å². The molecule has 4 heteroatoms. The molecule has 4 nitrogen and oxygen atoms in total. The Labute approximate surface area is 243 Å². The van der Waals surface area contributed by atoms with Crippen molar-refractivity contribution in [2.45, 2.75) is 105 Å². The lowest BCUT2D eigenvalue weighted by Gasteiger charge is -2.18. The number of ether oxygens (including phenoxy) is 3. The molecule has 40 heavy (non-hydrogen) atoms. The molecule has 220 valence electrons. The van der Waals surface area contributed by atoms with E-state index >= 15 is 0 Å². The fraction of sp³-hybridized carbons (Fsp3) is 0.500. The maximum atomic E-state index is 9.01. The van der Waals surface area contributed by atoms with Gasteiger partial charge in [0.15, 0.2) is 6.29 Å². The standard InChI is InChI=1S/C26H38O3.C10H14O/c1-8-20(6)22-9-11-23(12-10-22)29-21(7)27-15-16-28-24-13-14-25(18(2)3)26(17-24)19(4)5;1-3-8(2)9-4-6-10(11)7-5-9/h9-14,17-21H,8,15-16H2,1-7H3;4-8,11H,3H2,1-2H3. The molecule has 0 radical (unpaired) electrons. The van der Waals surface area contributed by atoms with Gasteiger partial charge in [0.2, 0.25) is 0 Å². The summed E-state index contributed by atoms with van der Waals surface area (Å²) < 4.78 is 17.5. The first kappa shape index (κ1) is 33.2. The smallest absolute Gasteiger partial charge is 0.197 e. The van der Waals surface area contributed by atoms with Crippen LogP contribution >= 0.6 is 0 Å². The predicted octanol–water partition coefficient (Wildman–Crippen LogP) is 10.2. The lowest BCUT2D eigenvalue weighted by molar-refractivity contribution is -0.0739. The van der Waals surface area contributed by atoms with Gasteiger partial charge in [0.25, 0.3) is 0 Å². The lowest BCUT2D eigenvalue weighted by Crippen LogP contribution is -2.20. The summed E-state index contributed by atoms with van der Waals surface area (Å²) in [6.07, 6.45) is 1.96. The van der Waals surface area contributed by atoms with Gasteiger partial charge < -0.3 is 19.3 Å². The average Bonchev–Trinajstić information content (AvgIpc) is 2.95. The molecular formula is C36H52O4. The third-order valence-electron chi connectivity index (χ3n) is 7.44. The highest BCUT2D eigenvalue weighted by Crippen LogP contribution is 2.30. The summed E-state index contributed by atoms with van der Waals surface area (Å²) in [5.41, 5.74) is 5.39. The second-order valence-electron chi connectivity index (χ2n) is 11.3. The maximum Gasteiger partial charge on any atom is 0.197 e. The van der Waals surface area contributed by atoms with Crippen LogP contribution in [0.5, 0.6) is 17.2 Å². The van der Waals surface area contributed by atoms with E-state index in [2.05, 4.69) is 85.7 Å². The van der Waals surface area contributed by atoms with Gasteiger partial charge >= 0.3 is 0 Å². The van der Waals surface area contributed by atoms with E-state index in [4.69, 9.17) is 19.3 Å². The Kier molecular flexibility index (Phi) is 14.1. The Balaban J connectivity index is 0.000000425. The van der Waals surface area contributed by atoms with E-state index in [0.717, 1.165) is 24.3 Å². The topological polar surface area (TPSA) is 47.9 Å². The van der Waals surface area contributed by atoms with Crippen LogP contribution in [-0.4, -0.2) is 24.6 Å². The number of rotatable bonds is 13. The highest BCUT2D eigenvalue weighted by atomic mass is 16.7. The number of phenols is 1. The Morgan fingerprint density at radius 1 is 0.600 bits per heavy atom. The van der Waals surface area contributed by atoms with Crippen molar-refractivity contribution in [3.05, 3.63) is 89.0 Å². The highest BCUT2D eigenvalue weighted by molar-refractivity contribution is 5.39. The summed E-state index contributed by atoms with van der Waals surface area (Å²) in [6, 6.07) is 22.1. The van der Waals surface area contributed by atoms with Crippen LogP contribution < -0.4 is 9.47 Å². The fourth-order valence-electron chi connectivity index (χ4n) is 4.42. The SMILES string of the molecule is CCC(C)c1ccc(O)cc1.CCC(C)c1ccc(OC(C)OCCOc2ccc(C(C)C)c(C(C)C)c2)cc1. The van der Waals surface area contributed by atoms with Gasteiger partial charge in [-0.2, -0.15) is 0 Å². The van der Waals surface area contributed by atoms with Crippen LogP contribution in [0.1, 0.15) is 121 Å². The summed E-state index contributed by atoms with van der Waals surface area (Å²) in [4.78, 5) is 0. The van der Waals surface area contributed by atoms with E-state index in [1.807, 2.05) is 31.2 Å². The first-order valence-electron chi connectivity index (χ1n) is 15.0. The maximum absolute atomic E-state index is 9.01. The summed E-state index contributed by atoms with van der Waals surface area (Å²) in [5, 5.41) is 9.01. The van der Waals surface area contributed by atoms with Crippen LogP contribution in [0.2, 0.25) is 0 Å². The average molecular weight is 549 g/mol. The summed E-state index contributed by atoms with van der Waals surface area (Å²) in [5.74, 6) is 4.23. The van der Waals surface area contributed by atoms with Crippen LogP contribution in [0.3, 0.4) is 0 Å². The minimum absolute atomic E-state index is 0.317. The normalized spacial score (nSPS) is 13.4. The van der Waals surface area contributed by atoms with E-state index in [-0.39, 0.29) is 6.29 Å². The van der Waals surface area contributed by atoms with Crippen LogP contribution in [-0.2, 0) is 4.74 Å².